The molecule has 2 amide bonds. The highest BCUT2D eigenvalue weighted by Crippen LogP contribution is 1.98. The maximum atomic E-state index is 11.8. The molecule has 0 aliphatic rings. The van der Waals surface area contributed by atoms with Gasteiger partial charge in [0.2, 0.25) is 5.91 Å². The summed E-state index contributed by atoms with van der Waals surface area (Å²) in [4.78, 5) is 27.5. The van der Waals surface area contributed by atoms with Crippen LogP contribution in [0.4, 0.5) is 0 Å². The molecule has 6 heteroatoms. The quantitative estimate of drug-likeness (QED) is 0.603. The molecule has 0 aliphatic carbocycles. The first-order valence-corrected chi connectivity index (χ1v) is 7.69. The topological polar surface area (TPSA) is 83.5 Å². The van der Waals surface area contributed by atoms with Gasteiger partial charge in [-0.05, 0) is 31.0 Å². The Morgan fingerprint density at radius 1 is 1.12 bits per heavy atom. The summed E-state index contributed by atoms with van der Waals surface area (Å²) in [5.41, 5.74) is 4.54. The molecule has 24 heavy (non-hydrogen) atoms. The van der Waals surface area contributed by atoms with Crippen LogP contribution in [0.2, 0.25) is 0 Å². The average Bonchev–Trinajstić information content (AvgIpc) is 2.61. The van der Waals surface area contributed by atoms with Crippen LogP contribution >= 0.6 is 0 Å². The number of carbonyl (C=O) groups excluding carboxylic acids is 2. The summed E-state index contributed by atoms with van der Waals surface area (Å²) in [5, 5.41) is 6.77. The molecule has 124 valence electrons. The number of aromatic nitrogens is 1. The minimum absolute atomic E-state index is 0.122. The van der Waals surface area contributed by atoms with E-state index in [0.717, 1.165) is 6.42 Å². The Morgan fingerprint density at radius 2 is 1.92 bits per heavy atom. The molecule has 6 nitrogen and oxygen atoms in total. The minimum atomic E-state index is -0.355. The molecule has 1 aromatic heterocycles. The van der Waals surface area contributed by atoms with Gasteiger partial charge in [-0.1, -0.05) is 30.3 Å². The van der Waals surface area contributed by atoms with E-state index in [4.69, 9.17) is 0 Å². The number of pyridine rings is 1. The van der Waals surface area contributed by atoms with Gasteiger partial charge in [-0.25, -0.2) is 5.43 Å². The van der Waals surface area contributed by atoms with Crippen molar-refractivity contribution in [2.45, 2.75) is 19.8 Å². The first-order valence-electron chi connectivity index (χ1n) is 7.69. The van der Waals surface area contributed by atoms with E-state index >= 15 is 0 Å². The van der Waals surface area contributed by atoms with Gasteiger partial charge in [0.25, 0.3) is 5.91 Å². The Bertz CT molecular complexity index is 699. The number of carbonyl (C=O) groups is 2. The van der Waals surface area contributed by atoms with Crippen LogP contribution < -0.4 is 10.7 Å². The largest absolute Gasteiger partial charge is 0.355 e. The number of hydrogen-bond donors (Lipinski definition) is 2. The van der Waals surface area contributed by atoms with E-state index in [1.807, 2.05) is 30.3 Å². The second-order valence-electron chi connectivity index (χ2n) is 5.29. The zero-order valence-electron chi connectivity index (χ0n) is 13.5. The number of benzene rings is 1. The van der Waals surface area contributed by atoms with Crippen molar-refractivity contribution in [2.24, 2.45) is 5.10 Å². The maximum absolute atomic E-state index is 11.8. The molecule has 0 aliphatic heterocycles. The third kappa shape index (κ3) is 6.00. The standard InChI is InChI=1S/C18H20N4O2/c1-14(21-22-18(24)16-8-5-10-19-13-16)12-17(23)20-11-9-15-6-3-2-4-7-15/h2-8,10,13H,9,11-12H2,1H3,(H,20,23)(H,22,24)/b21-14-. The molecule has 2 aromatic rings. The number of nitrogens with one attached hydrogen (secondary N) is 2. The van der Waals surface area contributed by atoms with Gasteiger partial charge in [-0.3, -0.25) is 14.6 Å². The first-order chi connectivity index (χ1) is 11.6. The lowest BCUT2D eigenvalue weighted by Gasteiger charge is -2.06. The lowest BCUT2D eigenvalue weighted by atomic mass is 10.1. The molecule has 0 atom stereocenters. The molecule has 0 radical (unpaired) electrons. The highest BCUT2D eigenvalue weighted by molar-refractivity contribution is 6.01. The normalized spacial score (nSPS) is 11.0. The number of hydrogen-bond acceptors (Lipinski definition) is 4. The van der Waals surface area contributed by atoms with Crippen LogP contribution in [0, 0.1) is 0 Å². The lowest BCUT2D eigenvalue weighted by molar-refractivity contribution is -0.119. The smallest absolute Gasteiger partial charge is 0.272 e. The first kappa shape index (κ1) is 17.3. The van der Waals surface area contributed by atoms with E-state index in [0.29, 0.717) is 17.8 Å². The van der Waals surface area contributed by atoms with Gasteiger partial charge >= 0.3 is 0 Å². The number of hydrazone groups is 1. The van der Waals surface area contributed by atoms with E-state index in [-0.39, 0.29) is 18.2 Å². The van der Waals surface area contributed by atoms with Crippen LogP contribution in [0.25, 0.3) is 0 Å². The highest BCUT2D eigenvalue weighted by Gasteiger charge is 2.06. The van der Waals surface area contributed by atoms with Crippen molar-refractivity contribution in [3.05, 3.63) is 66.0 Å². The van der Waals surface area contributed by atoms with Crippen LogP contribution in [0.1, 0.15) is 29.3 Å². The molecule has 2 rings (SSSR count). The molecule has 0 unspecified atom stereocenters. The Hall–Kier alpha value is -3.02. The summed E-state index contributed by atoms with van der Waals surface area (Å²) < 4.78 is 0. The molecule has 1 aromatic carbocycles. The Balaban J connectivity index is 1.71. The number of amides is 2. The van der Waals surface area contributed by atoms with Crippen molar-refractivity contribution in [3.8, 4) is 0 Å². The summed E-state index contributed by atoms with van der Waals surface area (Å²) in [6.07, 6.45) is 3.96. The Labute approximate surface area is 141 Å². The van der Waals surface area contributed by atoms with Crippen LogP contribution in [-0.2, 0) is 11.2 Å². The number of rotatable bonds is 7. The van der Waals surface area contributed by atoms with E-state index in [1.54, 1.807) is 25.3 Å². The van der Waals surface area contributed by atoms with E-state index in [9.17, 15) is 9.59 Å². The van der Waals surface area contributed by atoms with Gasteiger partial charge in [-0.2, -0.15) is 5.10 Å². The van der Waals surface area contributed by atoms with Crippen molar-refractivity contribution in [1.29, 1.82) is 0 Å². The average molecular weight is 324 g/mol. The lowest BCUT2D eigenvalue weighted by Crippen LogP contribution is -2.28. The SMILES string of the molecule is C/C(CC(=O)NCCc1ccccc1)=N/NC(=O)c1cccnc1. The van der Waals surface area contributed by atoms with E-state index < -0.39 is 0 Å². The van der Waals surface area contributed by atoms with Gasteiger partial charge in [-0.15, -0.1) is 0 Å². The Kier molecular flexibility index (Phi) is 6.64. The molecule has 2 N–H and O–H groups in total. The second kappa shape index (κ2) is 9.19. The Morgan fingerprint density at radius 3 is 2.62 bits per heavy atom. The fourth-order valence-corrected chi connectivity index (χ4v) is 2.03. The third-order valence-corrected chi connectivity index (χ3v) is 3.27. The van der Waals surface area contributed by atoms with Crippen LogP contribution in [0.3, 0.4) is 0 Å². The number of nitrogens with zero attached hydrogens (tertiary/aromatic N) is 2. The van der Waals surface area contributed by atoms with Gasteiger partial charge in [0.05, 0.1) is 12.0 Å². The zero-order chi connectivity index (χ0) is 17.2. The highest BCUT2D eigenvalue weighted by atomic mass is 16.2. The van der Waals surface area contributed by atoms with Gasteiger partial charge in [0.1, 0.15) is 0 Å². The van der Waals surface area contributed by atoms with Gasteiger partial charge in [0, 0.05) is 24.7 Å². The summed E-state index contributed by atoms with van der Waals surface area (Å²) in [5.74, 6) is -0.477. The monoisotopic (exact) mass is 324 g/mol. The molecule has 0 fully saturated rings. The van der Waals surface area contributed by atoms with Crippen LogP contribution in [-0.4, -0.2) is 29.1 Å². The van der Waals surface area contributed by atoms with E-state index in [2.05, 4.69) is 20.8 Å². The van der Waals surface area contributed by atoms with E-state index in [1.165, 1.54) is 11.8 Å². The van der Waals surface area contributed by atoms with Crippen molar-refractivity contribution in [1.82, 2.24) is 15.7 Å². The molecule has 1 heterocycles. The molecular formula is C18H20N4O2. The second-order valence-corrected chi connectivity index (χ2v) is 5.29. The van der Waals surface area contributed by atoms with Crippen molar-refractivity contribution in [3.63, 3.8) is 0 Å². The summed E-state index contributed by atoms with van der Waals surface area (Å²) >= 11 is 0. The predicted octanol–water partition coefficient (Wildman–Crippen LogP) is 1.94. The molecule has 0 bridgehead atoms. The predicted molar refractivity (Wildman–Crippen MR) is 92.6 cm³/mol. The third-order valence-electron chi connectivity index (χ3n) is 3.27. The fraction of sp³-hybridized carbons (Fsp3) is 0.222. The fourth-order valence-electron chi connectivity index (χ4n) is 2.03. The zero-order valence-corrected chi connectivity index (χ0v) is 13.5. The van der Waals surface area contributed by atoms with Crippen molar-refractivity contribution >= 4 is 17.5 Å². The molecule has 0 saturated heterocycles. The minimum Gasteiger partial charge on any atom is -0.355 e. The maximum Gasteiger partial charge on any atom is 0.272 e. The molecule has 0 saturated carbocycles. The molecule has 0 spiro atoms. The summed E-state index contributed by atoms with van der Waals surface area (Å²) in [6.45, 7) is 2.26. The van der Waals surface area contributed by atoms with Crippen LogP contribution in [0.5, 0.6) is 0 Å². The van der Waals surface area contributed by atoms with Crippen molar-refractivity contribution < 1.29 is 9.59 Å². The van der Waals surface area contributed by atoms with Gasteiger partial charge < -0.3 is 5.32 Å². The van der Waals surface area contributed by atoms with Crippen LogP contribution in [0.15, 0.2) is 60.0 Å². The summed E-state index contributed by atoms with van der Waals surface area (Å²) in [6, 6.07) is 13.3. The summed E-state index contributed by atoms with van der Waals surface area (Å²) in [7, 11) is 0. The molecular weight excluding hydrogens is 304 g/mol. The van der Waals surface area contributed by atoms with Gasteiger partial charge in [0.15, 0.2) is 0 Å². The van der Waals surface area contributed by atoms with Crippen molar-refractivity contribution in [2.75, 3.05) is 6.54 Å².